The molecule has 0 bridgehead atoms. The molecule has 2 aromatic rings. The number of ether oxygens (including phenoxy) is 1. The summed E-state index contributed by atoms with van der Waals surface area (Å²) in [7, 11) is 1.64. The summed E-state index contributed by atoms with van der Waals surface area (Å²) >= 11 is 0. The van der Waals surface area contributed by atoms with Crippen molar-refractivity contribution in [1.29, 1.82) is 0 Å². The number of nitrogens with two attached hydrogens (primary N) is 1. The summed E-state index contributed by atoms with van der Waals surface area (Å²) in [5.74, 6) is 0.755. The Bertz CT molecular complexity index is 535. The summed E-state index contributed by atoms with van der Waals surface area (Å²) in [6, 6.07) is 14.1. The highest BCUT2D eigenvalue weighted by molar-refractivity contribution is 5.66. The molecule has 0 unspecified atom stereocenters. The van der Waals surface area contributed by atoms with Crippen molar-refractivity contribution in [2.24, 2.45) is 0 Å². The van der Waals surface area contributed by atoms with Crippen molar-refractivity contribution in [1.82, 2.24) is 0 Å². The van der Waals surface area contributed by atoms with E-state index in [-0.39, 0.29) is 0 Å². The van der Waals surface area contributed by atoms with Gasteiger partial charge in [0.1, 0.15) is 5.75 Å². The average Bonchev–Trinajstić information content (AvgIpc) is 2.40. The first-order chi connectivity index (χ1) is 9.21. The fourth-order valence-corrected chi connectivity index (χ4v) is 2.02. The monoisotopic (exact) mass is 256 g/mol. The number of hydrogen-bond donors (Lipinski definition) is 2. The third-order valence-corrected chi connectivity index (χ3v) is 2.95. The second kappa shape index (κ2) is 6.14. The van der Waals surface area contributed by atoms with Crippen LogP contribution in [-0.4, -0.2) is 7.11 Å². The highest BCUT2D eigenvalue weighted by Gasteiger charge is 2.00. The predicted molar refractivity (Wildman–Crippen MR) is 81.1 cm³/mol. The maximum absolute atomic E-state index is 5.83. The molecule has 0 amide bonds. The minimum Gasteiger partial charge on any atom is -0.497 e. The molecule has 2 aromatic carbocycles. The van der Waals surface area contributed by atoms with Gasteiger partial charge >= 0.3 is 0 Å². The summed E-state index contributed by atoms with van der Waals surface area (Å²) in [6.07, 6.45) is 2.28. The zero-order chi connectivity index (χ0) is 13.7. The Balaban J connectivity index is 2.14. The van der Waals surface area contributed by atoms with E-state index >= 15 is 0 Å². The van der Waals surface area contributed by atoms with Gasteiger partial charge in [-0.05, 0) is 30.2 Å². The topological polar surface area (TPSA) is 47.3 Å². The molecule has 0 aliphatic carbocycles. The van der Waals surface area contributed by atoms with Crippen LogP contribution in [0, 0.1) is 0 Å². The summed E-state index contributed by atoms with van der Waals surface area (Å²) in [6.45, 7) is 2.19. The van der Waals surface area contributed by atoms with Crippen LogP contribution >= 0.6 is 0 Å². The van der Waals surface area contributed by atoms with Gasteiger partial charge in [-0.25, -0.2) is 0 Å². The molecule has 3 heteroatoms. The van der Waals surface area contributed by atoms with Crippen molar-refractivity contribution in [2.45, 2.75) is 19.8 Å². The Hall–Kier alpha value is -2.16. The molecule has 0 heterocycles. The van der Waals surface area contributed by atoms with Gasteiger partial charge in [-0.15, -0.1) is 0 Å². The lowest BCUT2D eigenvalue weighted by molar-refractivity contribution is 0.415. The minimum atomic E-state index is 0.685. The number of nitrogens with one attached hydrogen (secondary N) is 1. The first kappa shape index (κ1) is 13.3. The largest absolute Gasteiger partial charge is 0.497 e. The summed E-state index contributed by atoms with van der Waals surface area (Å²) in [5.41, 5.74) is 9.86. The second-order valence-corrected chi connectivity index (χ2v) is 4.57. The van der Waals surface area contributed by atoms with E-state index in [0.717, 1.165) is 23.5 Å². The van der Waals surface area contributed by atoms with Crippen molar-refractivity contribution in [2.75, 3.05) is 18.2 Å². The van der Waals surface area contributed by atoms with E-state index < -0.39 is 0 Å². The number of aryl methyl sites for hydroxylation is 1. The highest BCUT2D eigenvalue weighted by atomic mass is 16.5. The van der Waals surface area contributed by atoms with Crippen LogP contribution in [-0.2, 0) is 6.42 Å². The average molecular weight is 256 g/mol. The third-order valence-electron chi connectivity index (χ3n) is 2.95. The number of hydrogen-bond acceptors (Lipinski definition) is 3. The molecular weight excluding hydrogens is 236 g/mol. The van der Waals surface area contributed by atoms with Crippen LogP contribution in [0.3, 0.4) is 0 Å². The first-order valence-electron chi connectivity index (χ1n) is 6.52. The minimum absolute atomic E-state index is 0.685. The van der Waals surface area contributed by atoms with Gasteiger partial charge < -0.3 is 15.8 Å². The van der Waals surface area contributed by atoms with Crippen LogP contribution in [0.15, 0.2) is 42.5 Å². The van der Waals surface area contributed by atoms with Crippen molar-refractivity contribution in [3.8, 4) is 5.75 Å². The fourth-order valence-electron chi connectivity index (χ4n) is 2.02. The van der Waals surface area contributed by atoms with Crippen molar-refractivity contribution >= 4 is 17.1 Å². The fraction of sp³-hybridized carbons (Fsp3) is 0.250. The molecule has 3 N–H and O–H groups in total. The van der Waals surface area contributed by atoms with E-state index in [1.807, 2.05) is 12.1 Å². The molecule has 2 rings (SSSR count). The lowest BCUT2D eigenvalue weighted by Crippen LogP contribution is -1.95. The van der Waals surface area contributed by atoms with Crippen LogP contribution in [0.5, 0.6) is 5.75 Å². The van der Waals surface area contributed by atoms with Crippen LogP contribution in [0.4, 0.5) is 17.1 Å². The van der Waals surface area contributed by atoms with Gasteiger partial charge in [-0.1, -0.05) is 25.5 Å². The number of rotatable bonds is 5. The molecule has 0 saturated heterocycles. The number of nitrogen functional groups attached to an aromatic ring is 1. The van der Waals surface area contributed by atoms with Crippen molar-refractivity contribution in [3.05, 3.63) is 48.0 Å². The van der Waals surface area contributed by atoms with E-state index in [9.17, 15) is 0 Å². The van der Waals surface area contributed by atoms with E-state index in [1.165, 1.54) is 12.0 Å². The zero-order valence-electron chi connectivity index (χ0n) is 11.4. The Labute approximate surface area is 114 Å². The van der Waals surface area contributed by atoms with Gasteiger partial charge in [0.25, 0.3) is 0 Å². The Morgan fingerprint density at radius 3 is 2.42 bits per heavy atom. The molecular formula is C16H20N2O. The SMILES string of the molecule is CCCc1ccc(Nc2cc(N)cc(OC)c2)cc1. The molecule has 0 aromatic heterocycles. The summed E-state index contributed by atoms with van der Waals surface area (Å²) < 4.78 is 5.20. The van der Waals surface area contributed by atoms with Gasteiger partial charge in [0.15, 0.2) is 0 Å². The highest BCUT2D eigenvalue weighted by Crippen LogP contribution is 2.25. The third kappa shape index (κ3) is 3.65. The summed E-state index contributed by atoms with van der Waals surface area (Å²) in [4.78, 5) is 0. The molecule has 19 heavy (non-hydrogen) atoms. The standard InChI is InChI=1S/C16H20N2O/c1-3-4-12-5-7-14(8-6-12)18-15-9-13(17)10-16(11-15)19-2/h5-11,18H,3-4,17H2,1-2H3. The quantitative estimate of drug-likeness (QED) is 0.796. The normalized spacial score (nSPS) is 10.2. The predicted octanol–water partition coefficient (Wildman–Crippen LogP) is 3.97. The molecule has 100 valence electrons. The Morgan fingerprint density at radius 2 is 1.79 bits per heavy atom. The number of anilines is 3. The molecule has 0 fully saturated rings. The zero-order valence-corrected chi connectivity index (χ0v) is 11.4. The molecule has 0 aliphatic rings. The first-order valence-corrected chi connectivity index (χ1v) is 6.52. The molecule has 0 atom stereocenters. The Kier molecular flexibility index (Phi) is 4.29. The van der Waals surface area contributed by atoms with E-state index in [2.05, 4.69) is 36.5 Å². The van der Waals surface area contributed by atoms with Crippen LogP contribution in [0.1, 0.15) is 18.9 Å². The van der Waals surface area contributed by atoms with E-state index in [1.54, 1.807) is 13.2 Å². The smallest absolute Gasteiger partial charge is 0.122 e. The van der Waals surface area contributed by atoms with E-state index in [4.69, 9.17) is 10.5 Å². The van der Waals surface area contributed by atoms with Crippen molar-refractivity contribution < 1.29 is 4.74 Å². The van der Waals surface area contributed by atoms with Gasteiger partial charge in [-0.2, -0.15) is 0 Å². The lowest BCUT2D eigenvalue weighted by atomic mass is 10.1. The maximum atomic E-state index is 5.83. The molecule has 3 nitrogen and oxygen atoms in total. The van der Waals surface area contributed by atoms with Crippen LogP contribution in [0.2, 0.25) is 0 Å². The van der Waals surface area contributed by atoms with Gasteiger partial charge in [0.05, 0.1) is 7.11 Å². The summed E-state index contributed by atoms with van der Waals surface area (Å²) in [5, 5.41) is 3.33. The molecule has 0 spiro atoms. The maximum Gasteiger partial charge on any atom is 0.122 e. The van der Waals surface area contributed by atoms with Crippen LogP contribution in [0.25, 0.3) is 0 Å². The second-order valence-electron chi connectivity index (χ2n) is 4.57. The van der Waals surface area contributed by atoms with Gasteiger partial charge in [-0.3, -0.25) is 0 Å². The Morgan fingerprint density at radius 1 is 1.05 bits per heavy atom. The van der Waals surface area contributed by atoms with E-state index in [0.29, 0.717) is 5.69 Å². The van der Waals surface area contributed by atoms with Crippen molar-refractivity contribution in [3.63, 3.8) is 0 Å². The van der Waals surface area contributed by atoms with Gasteiger partial charge in [0.2, 0.25) is 0 Å². The molecule has 0 radical (unpaired) electrons. The molecule has 0 saturated carbocycles. The number of benzene rings is 2. The number of methoxy groups -OCH3 is 1. The molecule has 0 aliphatic heterocycles. The lowest BCUT2D eigenvalue weighted by Gasteiger charge is -2.10. The van der Waals surface area contributed by atoms with Gasteiger partial charge in [0, 0.05) is 29.2 Å². The van der Waals surface area contributed by atoms with Crippen LogP contribution < -0.4 is 15.8 Å².